The normalized spacial score (nSPS) is 16.2. The van der Waals surface area contributed by atoms with Crippen LogP contribution in [0.4, 0.5) is 0 Å². The molecule has 0 aliphatic carbocycles. The highest BCUT2D eigenvalue weighted by Gasteiger charge is 2.20. The minimum atomic E-state index is -2.97. The number of ether oxygens (including phenoxy) is 1. The van der Waals surface area contributed by atoms with Gasteiger partial charge in [-0.05, 0) is 16.3 Å². The summed E-state index contributed by atoms with van der Waals surface area (Å²) in [5.74, 6) is 0.923. The van der Waals surface area contributed by atoms with Crippen molar-refractivity contribution in [3.63, 3.8) is 0 Å². The first-order valence-electron chi connectivity index (χ1n) is 10.4. The summed E-state index contributed by atoms with van der Waals surface area (Å²) >= 11 is 0. The molecule has 1 fully saturated rings. The molecule has 0 saturated carbocycles. The number of aliphatic imine (C=N–C) groups is 1. The van der Waals surface area contributed by atoms with Gasteiger partial charge < -0.3 is 15.0 Å². The van der Waals surface area contributed by atoms with Gasteiger partial charge in [0, 0.05) is 52.6 Å². The smallest absolute Gasteiger partial charge is 0.193 e. The third-order valence-corrected chi connectivity index (χ3v) is 6.19. The van der Waals surface area contributed by atoms with E-state index >= 15 is 0 Å². The number of fused-ring (bicyclic) bond motifs is 1. The van der Waals surface area contributed by atoms with Crippen LogP contribution in [0.3, 0.4) is 0 Å². The quantitative estimate of drug-likeness (QED) is 0.388. The van der Waals surface area contributed by atoms with Gasteiger partial charge in [-0.2, -0.15) is 0 Å². The molecular formula is C22H32N4O3S. The van der Waals surface area contributed by atoms with Crippen molar-refractivity contribution in [1.29, 1.82) is 0 Å². The number of piperazine rings is 1. The monoisotopic (exact) mass is 432 g/mol. The molecule has 2 aromatic rings. The molecule has 7 nitrogen and oxygen atoms in total. The van der Waals surface area contributed by atoms with Crippen molar-refractivity contribution < 1.29 is 13.2 Å². The largest absolute Gasteiger partial charge is 0.379 e. The van der Waals surface area contributed by atoms with Gasteiger partial charge in [0.05, 0.1) is 19.0 Å². The van der Waals surface area contributed by atoms with Crippen molar-refractivity contribution >= 4 is 26.6 Å². The fraction of sp³-hybridized carbons (Fsp3) is 0.500. The second kappa shape index (κ2) is 10.7. The first-order chi connectivity index (χ1) is 14.5. The standard InChI is InChI=1S/C22H32N4O3S/c1-23-22(24-10-15-29-16-17-30(2,27)28)26-13-11-25(12-14-26)18-20-8-5-7-19-6-3-4-9-21(19)20/h3-9H,10-18H2,1-2H3,(H,23,24). The highest BCUT2D eigenvalue weighted by molar-refractivity contribution is 7.90. The van der Waals surface area contributed by atoms with Crippen LogP contribution >= 0.6 is 0 Å². The summed E-state index contributed by atoms with van der Waals surface area (Å²) < 4.78 is 27.6. The average Bonchev–Trinajstić information content (AvgIpc) is 2.74. The Labute approximate surface area is 179 Å². The van der Waals surface area contributed by atoms with Gasteiger partial charge in [-0.1, -0.05) is 42.5 Å². The van der Waals surface area contributed by atoms with Crippen molar-refractivity contribution in [2.45, 2.75) is 6.54 Å². The Balaban J connectivity index is 1.42. The molecule has 0 spiro atoms. The van der Waals surface area contributed by atoms with Crippen LogP contribution in [0.1, 0.15) is 5.56 Å². The number of nitrogens with zero attached hydrogens (tertiary/aromatic N) is 3. The molecule has 0 aromatic heterocycles. The summed E-state index contributed by atoms with van der Waals surface area (Å²) in [6.07, 6.45) is 1.22. The van der Waals surface area contributed by atoms with E-state index in [2.05, 4.69) is 62.6 Å². The van der Waals surface area contributed by atoms with Crippen LogP contribution in [0.5, 0.6) is 0 Å². The molecule has 0 bridgehead atoms. The van der Waals surface area contributed by atoms with Gasteiger partial charge in [-0.3, -0.25) is 9.89 Å². The highest BCUT2D eigenvalue weighted by atomic mass is 32.2. The summed E-state index contributed by atoms with van der Waals surface area (Å²) in [6.45, 7) is 6.03. The van der Waals surface area contributed by atoms with Crippen LogP contribution in [0, 0.1) is 0 Å². The molecule has 30 heavy (non-hydrogen) atoms. The predicted octanol–water partition coefficient (Wildman–Crippen LogP) is 1.59. The second-order valence-electron chi connectivity index (χ2n) is 7.62. The molecule has 0 atom stereocenters. The molecule has 8 heteroatoms. The Kier molecular flexibility index (Phi) is 8.07. The molecule has 0 unspecified atom stereocenters. The van der Waals surface area contributed by atoms with E-state index in [9.17, 15) is 8.42 Å². The molecule has 2 aromatic carbocycles. The zero-order valence-corrected chi connectivity index (χ0v) is 18.7. The average molecular weight is 433 g/mol. The van der Waals surface area contributed by atoms with Gasteiger partial charge in [-0.25, -0.2) is 8.42 Å². The Hall–Kier alpha value is -2.16. The maximum atomic E-state index is 11.1. The zero-order valence-electron chi connectivity index (χ0n) is 17.9. The summed E-state index contributed by atoms with van der Waals surface area (Å²) in [7, 11) is -1.18. The zero-order chi connectivity index (χ0) is 21.4. The molecular weight excluding hydrogens is 400 g/mol. The summed E-state index contributed by atoms with van der Waals surface area (Å²) in [6, 6.07) is 15.1. The van der Waals surface area contributed by atoms with Gasteiger partial charge in [0.2, 0.25) is 0 Å². The van der Waals surface area contributed by atoms with Crippen LogP contribution in [-0.2, 0) is 21.1 Å². The van der Waals surface area contributed by atoms with Crippen LogP contribution in [0.2, 0.25) is 0 Å². The maximum absolute atomic E-state index is 11.1. The Morgan fingerprint density at radius 2 is 1.80 bits per heavy atom. The lowest BCUT2D eigenvalue weighted by Crippen LogP contribution is -2.52. The number of guanidine groups is 1. The van der Waals surface area contributed by atoms with Gasteiger partial charge in [-0.15, -0.1) is 0 Å². The lowest BCUT2D eigenvalue weighted by Gasteiger charge is -2.36. The number of benzene rings is 2. The van der Waals surface area contributed by atoms with E-state index in [0.717, 1.165) is 38.7 Å². The van der Waals surface area contributed by atoms with Gasteiger partial charge >= 0.3 is 0 Å². The summed E-state index contributed by atoms with van der Waals surface area (Å²) in [5.41, 5.74) is 1.37. The summed E-state index contributed by atoms with van der Waals surface area (Å²) in [5, 5.41) is 5.93. The molecule has 1 saturated heterocycles. The number of sulfone groups is 1. The maximum Gasteiger partial charge on any atom is 0.193 e. The van der Waals surface area contributed by atoms with E-state index in [0.29, 0.717) is 13.2 Å². The van der Waals surface area contributed by atoms with Crippen molar-refractivity contribution in [3.8, 4) is 0 Å². The Morgan fingerprint density at radius 3 is 2.53 bits per heavy atom. The Bertz CT molecular complexity index is 949. The van der Waals surface area contributed by atoms with Gasteiger partial charge in [0.15, 0.2) is 5.96 Å². The molecule has 0 amide bonds. The lowest BCUT2D eigenvalue weighted by atomic mass is 10.0. The first-order valence-corrected chi connectivity index (χ1v) is 12.4. The number of nitrogens with one attached hydrogen (secondary N) is 1. The van der Waals surface area contributed by atoms with Crippen molar-refractivity contribution in [1.82, 2.24) is 15.1 Å². The molecule has 1 N–H and O–H groups in total. The predicted molar refractivity (Wildman–Crippen MR) is 123 cm³/mol. The fourth-order valence-corrected chi connectivity index (χ4v) is 4.09. The van der Waals surface area contributed by atoms with Crippen molar-refractivity contribution in [3.05, 3.63) is 48.0 Å². The molecule has 0 radical (unpaired) electrons. The second-order valence-corrected chi connectivity index (χ2v) is 9.88. The van der Waals surface area contributed by atoms with Crippen LogP contribution in [-0.4, -0.2) is 89.2 Å². The van der Waals surface area contributed by atoms with Crippen LogP contribution in [0.25, 0.3) is 10.8 Å². The van der Waals surface area contributed by atoms with Crippen LogP contribution in [0.15, 0.2) is 47.5 Å². The van der Waals surface area contributed by atoms with Gasteiger partial charge in [0.1, 0.15) is 9.84 Å². The number of rotatable bonds is 8. The van der Waals surface area contributed by atoms with E-state index in [1.165, 1.54) is 22.6 Å². The molecule has 3 rings (SSSR count). The highest BCUT2D eigenvalue weighted by Crippen LogP contribution is 2.20. The van der Waals surface area contributed by atoms with E-state index in [-0.39, 0.29) is 12.4 Å². The SMILES string of the molecule is CN=C(NCCOCCS(C)(=O)=O)N1CCN(Cc2cccc3ccccc23)CC1. The van der Waals surface area contributed by atoms with E-state index in [1.807, 2.05) is 0 Å². The molecule has 1 heterocycles. The molecule has 1 aliphatic rings. The molecule has 1 aliphatic heterocycles. The van der Waals surface area contributed by atoms with Crippen molar-refractivity contribution in [2.24, 2.45) is 4.99 Å². The minimum Gasteiger partial charge on any atom is -0.379 e. The Morgan fingerprint density at radius 1 is 1.07 bits per heavy atom. The third-order valence-electron chi connectivity index (χ3n) is 5.29. The first kappa shape index (κ1) is 22.5. The number of hydrogen-bond donors (Lipinski definition) is 1. The van der Waals surface area contributed by atoms with E-state index in [4.69, 9.17) is 4.74 Å². The summed E-state index contributed by atoms with van der Waals surface area (Å²) in [4.78, 5) is 9.13. The minimum absolute atomic E-state index is 0.0559. The molecule has 164 valence electrons. The topological polar surface area (TPSA) is 74.2 Å². The lowest BCUT2D eigenvalue weighted by molar-refractivity contribution is 0.150. The van der Waals surface area contributed by atoms with Crippen LogP contribution < -0.4 is 5.32 Å². The number of hydrogen-bond acceptors (Lipinski definition) is 5. The third kappa shape index (κ3) is 6.68. The fourth-order valence-electron chi connectivity index (χ4n) is 3.67. The van der Waals surface area contributed by atoms with E-state index in [1.54, 1.807) is 7.05 Å². The van der Waals surface area contributed by atoms with Gasteiger partial charge in [0.25, 0.3) is 0 Å². The van der Waals surface area contributed by atoms with E-state index < -0.39 is 9.84 Å². The van der Waals surface area contributed by atoms with Crippen molar-refractivity contribution in [2.75, 3.05) is 65.0 Å².